The van der Waals surface area contributed by atoms with Gasteiger partial charge in [-0.3, -0.25) is 14.9 Å². The molecule has 0 radical (unpaired) electrons. The molecule has 0 bridgehead atoms. The van der Waals surface area contributed by atoms with Gasteiger partial charge in [0.2, 0.25) is 5.91 Å². The van der Waals surface area contributed by atoms with Crippen LogP contribution in [0.3, 0.4) is 0 Å². The lowest BCUT2D eigenvalue weighted by atomic mass is 10.2. The first-order valence-corrected chi connectivity index (χ1v) is 10.4. The van der Waals surface area contributed by atoms with E-state index in [4.69, 9.17) is 4.74 Å². The fourth-order valence-electron chi connectivity index (χ4n) is 2.89. The largest absolute Gasteiger partial charge is 0.490 e. The molecular formula is C21H22N4O4S. The number of hydrogen-bond donors (Lipinski definition) is 1. The van der Waals surface area contributed by atoms with Gasteiger partial charge < -0.3 is 14.6 Å². The molecule has 0 atom stereocenters. The number of benzene rings is 2. The van der Waals surface area contributed by atoms with Crippen molar-refractivity contribution in [2.45, 2.75) is 19.2 Å². The summed E-state index contributed by atoms with van der Waals surface area (Å²) < 4.78 is 7.05. The molecule has 0 saturated carbocycles. The van der Waals surface area contributed by atoms with E-state index in [1.165, 1.54) is 24.9 Å². The van der Waals surface area contributed by atoms with Crippen LogP contribution in [0.25, 0.3) is 0 Å². The Hall–Kier alpha value is -3.33. The minimum absolute atomic E-state index is 0.0778. The summed E-state index contributed by atoms with van der Waals surface area (Å²) in [5.74, 6) is 1.78. The first-order chi connectivity index (χ1) is 14.5. The zero-order chi connectivity index (χ0) is 21.5. The molecule has 0 fully saturated rings. The fourth-order valence-corrected chi connectivity index (χ4v) is 3.66. The number of aromatic nitrogens is 2. The molecule has 3 aromatic rings. The molecule has 9 heteroatoms. The van der Waals surface area contributed by atoms with E-state index in [1.807, 2.05) is 42.0 Å². The van der Waals surface area contributed by atoms with E-state index in [0.29, 0.717) is 5.75 Å². The molecule has 1 amide bonds. The zero-order valence-electron chi connectivity index (χ0n) is 16.7. The number of nitrogens with one attached hydrogen (secondary N) is 1. The number of anilines is 1. The number of aryl methyl sites for hydroxylation is 1. The van der Waals surface area contributed by atoms with Crippen LogP contribution >= 0.6 is 11.8 Å². The van der Waals surface area contributed by atoms with E-state index in [1.54, 1.807) is 18.3 Å². The number of carbonyl (C=O) groups is 1. The van der Waals surface area contributed by atoms with Gasteiger partial charge >= 0.3 is 5.69 Å². The third-order valence-electron chi connectivity index (χ3n) is 4.46. The maximum Gasteiger partial charge on any atom is 0.311 e. The summed E-state index contributed by atoms with van der Waals surface area (Å²) in [5.41, 5.74) is 2.53. The van der Waals surface area contributed by atoms with Gasteiger partial charge in [0, 0.05) is 36.4 Å². The number of methoxy groups -OCH3 is 1. The van der Waals surface area contributed by atoms with Crippen LogP contribution in [0.1, 0.15) is 17.0 Å². The summed E-state index contributed by atoms with van der Waals surface area (Å²) in [4.78, 5) is 27.0. The van der Waals surface area contributed by atoms with Crippen molar-refractivity contribution in [2.24, 2.45) is 0 Å². The van der Waals surface area contributed by atoms with Crippen LogP contribution in [-0.2, 0) is 17.1 Å². The van der Waals surface area contributed by atoms with Crippen LogP contribution in [0.15, 0.2) is 54.9 Å². The lowest BCUT2D eigenvalue weighted by molar-refractivity contribution is -0.385. The second-order valence-electron chi connectivity index (χ2n) is 6.60. The molecule has 8 nitrogen and oxygen atoms in total. The Labute approximate surface area is 178 Å². The summed E-state index contributed by atoms with van der Waals surface area (Å²) >= 11 is 1.39. The molecule has 0 aliphatic heterocycles. The van der Waals surface area contributed by atoms with Crippen LogP contribution in [0.4, 0.5) is 11.4 Å². The van der Waals surface area contributed by atoms with Gasteiger partial charge in [-0.05, 0) is 36.2 Å². The summed E-state index contributed by atoms with van der Waals surface area (Å²) in [6, 6.07) is 12.5. The highest BCUT2D eigenvalue weighted by Gasteiger charge is 2.15. The van der Waals surface area contributed by atoms with Crippen LogP contribution in [0, 0.1) is 17.0 Å². The van der Waals surface area contributed by atoms with Crippen molar-refractivity contribution in [3.8, 4) is 5.75 Å². The summed E-state index contributed by atoms with van der Waals surface area (Å²) in [6.07, 6.45) is 3.70. The first kappa shape index (κ1) is 21.4. The van der Waals surface area contributed by atoms with Gasteiger partial charge in [0.05, 0.1) is 17.8 Å². The molecule has 0 aliphatic rings. The van der Waals surface area contributed by atoms with Crippen molar-refractivity contribution in [3.63, 3.8) is 0 Å². The average Bonchev–Trinajstić information content (AvgIpc) is 3.13. The molecule has 156 valence electrons. The number of carbonyl (C=O) groups excluding carboxylic acids is 1. The Morgan fingerprint density at radius 1 is 1.23 bits per heavy atom. The van der Waals surface area contributed by atoms with E-state index in [9.17, 15) is 14.9 Å². The van der Waals surface area contributed by atoms with Crippen LogP contribution < -0.4 is 10.1 Å². The number of nitrogens with zero attached hydrogens (tertiary/aromatic N) is 3. The number of hydrogen-bond acceptors (Lipinski definition) is 6. The van der Waals surface area contributed by atoms with Crippen molar-refractivity contribution in [1.82, 2.24) is 9.55 Å². The lowest BCUT2D eigenvalue weighted by Crippen LogP contribution is -2.14. The predicted octanol–water partition coefficient (Wildman–Crippen LogP) is 4.03. The second-order valence-corrected chi connectivity index (χ2v) is 7.59. The third-order valence-corrected chi connectivity index (χ3v) is 5.46. The Kier molecular flexibility index (Phi) is 7.08. The highest BCUT2D eigenvalue weighted by atomic mass is 32.2. The number of ether oxygens (including phenoxy) is 1. The molecule has 3 rings (SSSR count). The molecule has 1 N–H and O–H groups in total. The van der Waals surface area contributed by atoms with Crippen molar-refractivity contribution >= 4 is 29.0 Å². The van der Waals surface area contributed by atoms with Gasteiger partial charge in [0.25, 0.3) is 0 Å². The van der Waals surface area contributed by atoms with E-state index < -0.39 is 4.92 Å². The van der Waals surface area contributed by atoms with Gasteiger partial charge in [-0.15, -0.1) is 11.8 Å². The molecular weight excluding hydrogens is 404 g/mol. The highest BCUT2D eigenvalue weighted by Crippen LogP contribution is 2.29. The van der Waals surface area contributed by atoms with Gasteiger partial charge in [0.1, 0.15) is 5.82 Å². The number of amides is 1. The van der Waals surface area contributed by atoms with E-state index >= 15 is 0 Å². The number of rotatable bonds is 9. The van der Waals surface area contributed by atoms with Crippen LogP contribution in [0.2, 0.25) is 0 Å². The molecule has 0 aliphatic carbocycles. The van der Waals surface area contributed by atoms with Gasteiger partial charge in [-0.1, -0.05) is 18.2 Å². The van der Waals surface area contributed by atoms with Crippen molar-refractivity contribution in [3.05, 3.63) is 81.9 Å². The summed E-state index contributed by atoms with van der Waals surface area (Å²) in [5, 5.41) is 14.0. The second kappa shape index (κ2) is 9.93. The predicted molar refractivity (Wildman–Crippen MR) is 117 cm³/mol. The molecule has 1 heterocycles. The number of nitro groups is 1. The van der Waals surface area contributed by atoms with Gasteiger partial charge in [0.15, 0.2) is 5.75 Å². The SMILES string of the molecule is COc1ccc(CSCC(=O)Nc2ccc(Cn3ccnc3C)cc2)cc1[N+](=O)[O-]. The highest BCUT2D eigenvalue weighted by molar-refractivity contribution is 7.99. The monoisotopic (exact) mass is 426 g/mol. The fraction of sp³-hybridized carbons (Fsp3) is 0.238. The smallest absolute Gasteiger partial charge is 0.311 e. The average molecular weight is 426 g/mol. The molecule has 0 unspecified atom stereocenters. The number of thioether (sulfide) groups is 1. The molecule has 30 heavy (non-hydrogen) atoms. The minimum atomic E-state index is -0.475. The Morgan fingerprint density at radius 3 is 2.60 bits per heavy atom. The van der Waals surface area contributed by atoms with E-state index in [-0.39, 0.29) is 23.1 Å². The van der Waals surface area contributed by atoms with Gasteiger partial charge in [-0.25, -0.2) is 4.98 Å². The number of nitro benzene ring substituents is 1. The first-order valence-electron chi connectivity index (χ1n) is 9.22. The Morgan fingerprint density at radius 2 is 1.97 bits per heavy atom. The van der Waals surface area contributed by atoms with Crippen LogP contribution in [-0.4, -0.2) is 33.2 Å². The number of imidazole rings is 1. The van der Waals surface area contributed by atoms with E-state index in [0.717, 1.165) is 29.2 Å². The molecule has 2 aromatic carbocycles. The summed E-state index contributed by atoms with van der Waals surface area (Å²) in [7, 11) is 1.40. The Bertz CT molecular complexity index is 1030. The van der Waals surface area contributed by atoms with E-state index in [2.05, 4.69) is 10.3 Å². The molecule has 0 saturated heterocycles. The standard InChI is InChI=1S/C21H22N4O4S/c1-15-22-9-10-24(15)12-16-3-6-18(7-4-16)23-21(26)14-30-13-17-5-8-20(29-2)19(11-17)25(27)28/h3-11H,12-14H2,1-2H3,(H,23,26). The third kappa shape index (κ3) is 5.60. The topological polar surface area (TPSA) is 99.3 Å². The van der Waals surface area contributed by atoms with Crippen LogP contribution in [0.5, 0.6) is 5.75 Å². The van der Waals surface area contributed by atoms with Crippen molar-refractivity contribution in [1.29, 1.82) is 0 Å². The normalized spacial score (nSPS) is 10.6. The lowest BCUT2D eigenvalue weighted by Gasteiger charge is -2.08. The molecule has 1 aromatic heterocycles. The minimum Gasteiger partial charge on any atom is -0.490 e. The molecule has 0 spiro atoms. The quantitative estimate of drug-likeness (QED) is 0.410. The maximum atomic E-state index is 12.2. The zero-order valence-corrected chi connectivity index (χ0v) is 17.5. The Balaban J connectivity index is 1.48. The maximum absolute atomic E-state index is 12.2. The van der Waals surface area contributed by atoms with Gasteiger partial charge in [-0.2, -0.15) is 0 Å². The summed E-state index contributed by atoms with van der Waals surface area (Å²) in [6.45, 7) is 2.68. The van der Waals surface area contributed by atoms with Crippen molar-refractivity contribution < 1.29 is 14.5 Å². The van der Waals surface area contributed by atoms with Crippen molar-refractivity contribution in [2.75, 3.05) is 18.2 Å².